The molecule has 0 fully saturated rings. The Balaban J connectivity index is 2.13. The number of carbonyl (C=O) groups is 3. The van der Waals surface area contributed by atoms with Crippen LogP contribution in [0.4, 0.5) is 5.69 Å². The molecule has 4 N–H and O–H groups in total. The van der Waals surface area contributed by atoms with Crippen molar-refractivity contribution in [3.8, 4) is 0 Å². The van der Waals surface area contributed by atoms with Crippen molar-refractivity contribution in [3.05, 3.63) is 29.8 Å². The lowest BCUT2D eigenvalue weighted by molar-refractivity contribution is -0.159. The lowest BCUT2D eigenvalue weighted by Crippen LogP contribution is -2.46. The fourth-order valence-electron chi connectivity index (χ4n) is 4.36. The first-order valence-electron chi connectivity index (χ1n) is 11.9. The van der Waals surface area contributed by atoms with Gasteiger partial charge in [-0.3, -0.25) is 14.4 Å². The number of para-hydroxylation sites is 1. The SMILES string of the molecule is C[C@H](C[C@H](O)[C@@H](N)CC(C)(C)CC(=O)N1C[C@H](C(=O)OC(C)(C)C)Cc2ccccc21)C(=O)O. The Hall–Kier alpha value is -2.45. The van der Waals surface area contributed by atoms with E-state index in [9.17, 15) is 19.5 Å². The molecule has 1 aliphatic rings. The summed E-state index contributed by atoms with van der Waals surface area (Å²) in [5.41, 5.74) is 6.73. The van der Waals surface area contributed by atoms with E-state index in [-0.39, 0.29) is 31.3 Å². The van der Waals surface area contributed by atoms with Crippen molar-refractivity contribution >= 4 is 23.5 Å². The number of esters is 1. The standard InChI is InChI=1S/C26H40N2O6/c1-16(23(31)32)11-21(29)19(27)13-26(5,6)14-22(30)28-15-18(24(33)34-25(2,3)4)12-17-9-7-8-10-20(17)28/h7-10,16,18-19,21,29H,11-15,27H2,1-6H3,(H,31,32)/t16-,18-,19+,21+/m1/s1. The molecule has 2 rings (SSSR count). The molecular weight excluding hydrogens is 436 g/mol. The van der Waals surface area contributed by atoms with E-state index in [1.165, 1.54) is 6.92 Å². The van der Waals surface area contributed by atoms with Crippen LogP contribution in [0.5, 0.6) is 0 Å². The Morgan fingerprint density at radius 2 is 1.79 bits per heavy atom. The highest BCUT2D eigenvalue weighted by atomic mass is 16.6. The minimum Gasteiger partial charge on any atom is -0.481 e. The highest BCUT2D eigenvalue weighted by Gasteiger charge is 2.37. The fourth-order valence-corrected chi connectivity index (χ4v) is 4.36. The van der Waals surface area contributed by atoms with E-state index < -0.39 is 41.0 Å². The van der Waals surface area contributed by atoms with E-state index >= 15 is 0 Å². The molecule has 0 aromatic heterocycles. The van der Waals surface area contributed by atoms with Crippen LogP contribution in [0.25, 0.3) is 0 Å². The zero-order chi connectivity index (χ0) is 25.8. The van der Waals surface area contributed by atoms with Crippen molar-refractivity contribution in [1.29, 1.82) is 0 Å². The summed E-state index contributed by atoms with van der Waals surface area (Å²) in [6.07, 6.45) is 0.0937. The number of benzene rings is 1. The molecule has 1 amide bonds. The summed E-state index contributed by atoms with van der Waals surface area (Å²) in [4.78, 5) is 39.0. The van der Waals surface area contributed by atoms with E-state index in [0.29, 0.717) is 12.8 Å². The molecule has 1 aromatic rings. The van der Waals surface area contributed by atoms with Crippen LogP contribution in [0, 0.1) is 17.3 Å². The number of hydrogen-bond acceptors (Lipinski definition) is 6. The van der Waals surface area contributed by atoms with Crippen LogP contribution in [-0.4, -0.2) is 52.4 Å². The van der Waals surface area contributed by atoms with Crippen LogP contribution in [0.2, 0.25) is 0 Å². The van der Waals surface area contributed by atoms with Crippen LogP contribution >= 0.6 is 0 Å². The second-order valence-electron chi connectivity index (χ2n) is 11.3. The molecule has 0 radical (unpaired) electrons. The molecule has 1 heterocycles. The largest absolute Gasteiger partial charge is 0.481 e. The Kier molecular flexibility index (Phi) is 8.88. The first-order chi connectivity index (χ1) is 15.6. The second kappa shape index (κ2) is 10.9. The van der Waals surface area contributed by atoms with Crippen LogP contribution < -0.4 is 10.6 Å². The van der Waals surface area contributed by atoms with Gasteiger partial charge in [-0.05, 0) is 57.1 Å². The van der Waals surface area contributed by atoms with Gasteiger partial charge in [0.05, 0.1) is 17.9 Å². The van der Waals surface area contributed by atoms with Crippen molar-refractivity contribution < 1.29 is 29.3 Å². The van der Waals surface area contributed by atoms with Crippen LogP contribution in [-0.2, 0) is 25.5 Å². The Morgan fingerprint density at radius 1 is 1.18 bits per heavy atom. The Labute approximate surface area is 202 Å². The first kappa shape index (κ1) is 27.8. The average Bonchev–Trinajstić information content (AvgIpc) is 2.70. The number of aliphatic carboxylic acids is 1. The molecule has 8 heteroatoms. The van der Waals surface area contributed by atoms with Crippen molar-refractivity contribution in [2.45, 2.75) is 85.0 Å². The minimum atomic E-state index is -0.982. The number of carbonyl (C=O) groups excluding carboxylic acids is 2. The highest BCUT2D eigenvalue weighted by molar-refractivity contribution is 5.96. The Morgan fingerprint density at radius 3 is 2.38 bits per heavy atom. The molecule has 4 atom stereocenters. The second-order valence-corrected chi connectivity index (χ2v) is 11.3. The molecule has 1 aromatic carbocycles. The van der Waals surface area contributed by atoms with Gasteiger partial charge >= 0.3 is 11.9 Å². The van der Waals surface area contributed by atoms with Crippen molar-refractivity contribution in [1.82, 2.24) is 0 Å². The van der Waals surface area contributed by atoms with Gasteiger partial charge in [0.25, 0.3) is 0 Å². The number of ether oxygens (including phenoxy) is 1. The van der Waals surface area contributed by atoms with Gasteiger partial charge < -0.3 is 25.6 Å². The van der Waals surface area contributed by atoms with E-state index in [4.69, 9.17) is 15.6 Å². The lowest BCUT2D eigenvalue weighted by Gasteiger charge is -2.37. The molecule has 0 saturated heterocycles. The van der Waals surface area contributed by atoms with Crippen molar-refractivity contribution in [2.75, 3.05) is 11.4 Å². The van der Waals surface area contributed by atoms with E-state index in [0.717, 1.165) is 11.3 Å². The monoisotopic (exact) mass is 476 g/mol. The molecule has 1 aliphatic heterocycles. The smallest absolute Gasteiger partial charge is 0.311 e. The summed E-state index contributed by atoms with van der Waals surface area (Å²) in [5, 5.41) is 19.4. The highest BCUT2D eigenvalue weighted by Crippen LogP contribution is 2.35. The zero-order valence-corrected chi connectivity index (χ0v) is 21.2. The third-order valence-corrected chi connectivity index (χ3v) is 6.12. The molecule has 8 nitrogen and oxygen atoms in total. The summed E-state index contributed by atoms with van der Waals surface area (Å²) >= 11 is 0. The number of carboxylic acid groups (broad SMARTS) is 1. The number of anilines is 1. The maximum atomic E-state index is 13.4. The van der Waals surface area contributed by atoms with Gasteiger partial charge in [-0.25, -0.2) is 0 Å². The number of amides is 1. The van der Waals surface area contributed by atoms with Crippen LogP contribution in [0.15, 0.2) is 24.3 Å². The fraction of sp³-hybridized carbons (Fsp3) is 0.654. The third kappa shape index (κ3) is 7.81. The lowest BCUT2D eigenvalue weighted by atomic mass is 9.79. The number of aliphatic hydroxyl groups is 1. The number of nitrogens with two attached hydrogens (primary N) is 1. The molecular formula is C26H40N2O6. The molecule has 0 saturated carbocycles. The number of nitrogens with zero attached hydrogens (tertiary/aromatic N) is 1. The maximum Gasteiger partial charge on any atom is 0.311 e. The number of hydrogen-bond donors (Lipinski definition) is 3. The molecule has 0 unspecified atom stereocenters. The van der Waals surface area contributed by atoms with E-state index in [2.05, 4.69) is 0 Å². The molecule has 190 valence electrons. The normalized spacial score (nSPS) is 19.1. The van der Waals surface area contributed by atoms with Crippen molar-refractivity contribution in [3.63, 3.8) is 0 Å². The van der Waals surface area contributed by atoms with E-state index in [1.807, 2.05) is 58.9 Å². The topological polar surface area (TPSA) is 130 Å². The molecule has 34 heavy (non-hydrogen) atoms. The molecule has 0 bridgehead atoms. The predicted molar refractivity (Wildman–Crippen MR) is 130 cm³/mol. The number of fused-ring (bicyclic) bond motifs is 1. The van der Waals surface area contributed by atoms with Gasteiger partial charge in [0.2, 0.25) is 5.91 Å². The van der Waals surface area contributed by atoms with Gasteiger partial charge in [-0.2, -0.15) is 0 Å². The summed E-state index contributed by atoms with van der Waals surface area (Å²) < 4.78 is 5.59. The minimum absolute atomic E-state index is 0.0532. The Bertz CT molecular complexity index is 892. The van der Waals surface area contributed by atoms with Crippen LogP contribution in [0.1, 0.15) is 66.4 Å². The number of carboxylic acids is 1. The molecule has 0 spiro atoms. The van der Waals surface area contributed by atoms with Crippen molar-refractivity contribution in [2.24, 2.45) is 23.0 Å². The maximum absolute atomic E-state index is 13.4. The third-order valence-electron chi connectivity index (χ3n) is 6.12. The summed E-state index contributed by atoms with van der Waals surface area (Å²) in [6.45, 7) is 11.0. The van der Waals surface area contributed by atoms with Gasteiger partial charge in [0, 0.05) is 24.7 Å². The summed E-state index contributed by atoms with van der Waals surface area (Å²) in [7, 11) is 0. The first-order valence-corrected chi connectivity index (χ1v) is 11.9. The average molecular weight is 477 g/mol. The zero-order valence-electron chi connectivity index (χ0n) is 21.2. The van der Waals surface area contributed by atoms with Crippen LogP contribution in [0.3, 0.4) is 0 Å². The van der Waals surface area contributed by atoms with Gasteiger partial charge in [0.1, 0.15) is 5.60 Å². The summed E-state index contributed by atoms with van der Waals surface area (Å²) in [6, 6.07) is 6.91. The molecule has 0 aliphatic carbocycles. The van der Waals surface area contributed by atoms with E-state index in [1.54, 1.807) is 4.90 Å². The quantitative estimate of drug-likeness (QED) is 0.467. The van der Waals surface area contributed by atoms with Gasteiger partial charge in [-0.1, -0.05) is 39.0 Å². The van der Waals surface area contributed by atoms with Gasteiger partial charge in [0.15, 0.2) is 0 Å². The van der Waals surface area contributed by atoms with Gasteiger partial charge in [-0.15, -0.1) is 0 Å². The number of rotatable bonds is 9. The summed E-state index contributed by atoms with van der Waals surface area (Å²) in [5.74, 6) is -2.60. The predicted octanol–water partition coefficient (Wildman–Crippen LogP) is 3.14. The number of aliphatic hydroxyl groups excluding tert-OH is 1.